The third kappa shape index (κ3) is 5.60. The Balaban J connectivity index is 0.00000289. The van der Waals surface area contributed by atoms with Crippen molar-refractivity contribution in [3.8, 4) is 22.4 Å². The largest absolute Gasteiger partial charge is 0.399 e. The van der Waals surface area contributed by atoms with Gasteiger partial charge in [-0.1, -0.05) is 36.4 Å². The number of nitrogens with two attached hydrogens (primary N) is 2. The Bertz CT molecular complexity index is 1150. The third-order valence-electron chi connectivity index (χ3n) is 5.18. The monoisotopic (exact) mass is 446 g/mol. The molecule has 7 heteroatoms. The van der Waals surface area contributed by atoms with Gasteiger partial charge < -0.3 is 16.8 Å². The van der Waals surface area contributed by atoms with Crippen LogP contribution in [-0.2, 0) is 13.0 Å². The lowest BCUT2D eigenvalue weighted by atomic mass is 10.00. The second-order valence-electron chi connectivity index (χ2n) is 7.33. The summed E-state index contributed by atoms with van der Waals surface area (Å²) in [5.74, 6) is 0.603. The highest BCUT2D eigenvalue weighted by atomic mass is 35.5. The van der Waals surface area contributed by atoms with Crippen molar-refractivity contribution in [1.29, 1.82) is 0 Å². The molecule has 164 valence electrons. The highest BCUT2D eigenvalue weighted by molar-refractivity contribution is 5.85. The summed E-state index contributed by atoms with van der Waals surface area (Å²) >= 11 is 0. The van der Waals surface area contributed by atoms with E-state index in [4.69, 9.17) is 16.5 Å². The van der Waals surface area contributed by atoms with E-state index in [2.05, 4.69) is 33.5 Å². The third-order valence-corrected chi connectivity index (χ3v) is 5.18. The summed E-state index contributed by atoms with van der Waals surface area (Å²) in [6, 6.07) is 20.1. The molecule has 2 aromatic carbocycles. The molecule has 0 amide bonds. The number of nitrogens with one attached hydrogen (secondary N) is 1. The zero-order valence-electron chi connectivity index (χ0n) is 17.7. The summed E-state index contributed by atoms with van der Waals surface area (Å²) in [6.45, 7) is 1.25. The van der Waals surface area contributed by atoms with Crippen molar-refractivity contribution >= 4 is 24.0 Å². The number of hydrogen-bond donors (Lipinski definition) is 3. The number of aromatic nitrogens is 3. The molecule has 0 aliphatic rings. The maximum absolute atomic E-state index is 6.03. The number of nitrogens with zero attached hydrogens (tertiary/aromatic N) is 3. The number of hydrogen-bond acceptors (Lipinski definition) is 6. The minimum Gasteiger partial charge on any atom is -0.399 e. The van der Waals surface area contributed by atoms with Crippen molar-refractivity contribution in [3.63, 3.8) is 0 Å². The maximum Gasteiger partial charge on any atom is 0.223 e. The van der Waals surface area contributed by atoms with Crippen molar-refractivity contribution in [3.05, 3.63) is 90.4 Å². The van der Waals surface area contributed by atoms with Crippen molar-refractivity contribution in [1.82, 2.24) is 15.0 Å². The van der Waals surface area contributed by atoms with Crippen LogP contribution in [0.2, 0.25) is 0 Å². The molecule has 32 heavy (non-hydrogen) atoms. The highest BCUT2D eigenvalue weighted by Gasteiger charge is 2.12. The van der Waals surface area contributed by atoms with E-state index in [1.165, 1.54) is 0 Å². The zero-order valence-corrected chi connectivity index (χ0v) is 18.6. The predicted molar refractivity (Wildman–Crippen MR) is 134 cm³/mol. The first-order chi connectivity index (χ1) is 15.2. The van der Waals surface area contributed by atoms with Crippen LogP contribution in [0.5, 0.6) is 0 Å². The van der Waals surface area contributed by atoms with Crippen LogP contribution in [-0.4, -0.2) is 21.5 Å². The lowest BCUT2D eigenvalue weighted by Crippen LogP contribution is -2.08. The van der Waals surface area contributed by atoms with Gasteiger partial charge in [0, 0.05) is 48.5 Å². The molecule has 2 aromatic heterocycles. The molecule has 0 radical (unpaired) electrons. The Morgan fingerprint density at radius 1 is 0.906 bits per heavy atom. The lowest BCUT2D eigenvalue weighted by molar-refractivity contribution is 0.855. The van der Waals surface area contributed by atoms with Crippen molar-refractivity contribution in [2.24, 2.45) is 5.73 Å². The van der Waals surface area contributed by atoms with E-state index in [0.717, 1.165) is 58.6 Å². The molecular formula is C25H27ClN6. The number of halogens is 1. The average Bonchev–Trinajstić information content (AvgIpc) is 2.83. The maximum atomic E-state index is 6.03. The zero-order chi connectivity index (χ0) is 21.5. The quantitative estimate of drug-likeness (QED) is 0.267. The number of aryl methyl sites for hydroxylation is 1. The fourth-order valence-corrected chi connectivity index (χ4v) is 3.51. The topological polar surface area (TPSA) is 103 Å². The van der Waals surface area contributed by atoms with Crippen LogP contribution in [0.25, 0.3) is 22.4 Å². The van der Waals surface area contributed by atoms with Crippen LogP contribution in [0.4, 0.5) is 11.6 Å². The van der Waals surface area contributed by atoms with Gasteiger partial charge in [0.05, 0.1) is 5.69 Å². The minimum absolute atomic E-state index is 0. The molecular weight excluding hydrogens is 420 g/mol. The molecule has 0 aliphatic heterocycles. The van der Waals surface area contributed by atoms with Crippen molar-refractivity contribution in [2.75, 3.05) is 17.6 Å². The second kappa shape index (κ2) is 11.2. The molecule has 0 atom stereocenters. The van der Waals surface area contributed by atoms with Crippen LogP contribution in [0.1, 0.15) is 17.5 Å². The fraction of sp³-hybridized carbons (Fsp3) is 0.160. The Morgan fingerprint density at radius 3 is 2.50 bits per heavy atom. The standard InChI is InChI=1S/C25H26N6.ClH/c26-16-18-5-3-7-21(15-18)22-17-30-25(31-24(22)20-10-13-28-14-11-20)29-12-4-8-19-6-1-2-9-23(19)27;/h1-3,5-7,9-11,13-15,17H,4,8,12,16,26-27H2,(H,29,30,31);1H. The Morgan fingerprint density at radius 2 is 1.72 bits per heavy atom. The van der Waals surface area contributed by atoms with Gasteiger partial charge in [-0.25, -0.2) is 9.97 Å². The summed E-state index contributed by atoms with van der Waals surface area (Å²) in [7, 11) is 0. The number of anilines is 2. The average molecular weight is 447 g/mol. The molecule has 4 rings (SSSR count). The molecule has 2 heterocycles. The van der Waals surface area contributed by atoms with Crippen LogP contribution in [0.15, 0.2) is 79.3 Å². The lowest BCUT2D eigenvalue weighted by Gasteiger charge is -2.13. The van der Waals surface area contributed by atoms with Crippen molar-refractivity contribution < 1.29 is 0 Å². The molecule has 6 nitrogen and oxygen atoms in total. The molecule has 0 bridgehead atoms. The van der Waals surface area contributed by atoms with E-state index < -0.39 is 0 Å². The van der Waals surface area contributed by atoms with E-state index in [1.807, 2.05) is 48.7 Å². The van der Waals surface area contributed by atoms with Crippen LogP contribution >= 0.6 is 12.4 Å². The second-order valence-corrected chi connectivity index (χ2v) is 7.33. The van der Waals surface area contributed by atoms with E-state index >= 15 is 0 Å². The number of rotatable bonds is 8. The SMILES string of the molecule is Cl.NCc1cccc(-c2cnc(NCCCc3ccccc3N)nc2-c2ccncc2)c1. The Hall–Kier alpha value is -3.48. The molecule has 0 fully saturated rings. The van der Waals surface area contributed by atoms with E-state index in [0.29, 0.717) is 12.5 Å². The predicted octanol–water partition coefficient (Wildman–Crippen LogP) is 4.71. The van der Waals surface area contributed by atoms with Gasteiger partial charge in [0.15, 0.2) is 0 Å². The highest BCUT2D eigenvalue weighted by Crippen LogP contribution is 2.31. The number of benzene rings is 2. The van der Waals surface area contributed by atoms with Gasteiger partial charge in [0.25, 0.3) is 0 Å². The molecule has 0 saturated heterocycles. The van der Waals surface area contributed by atoms with E-state index in [-0.39, 0.29) is 12.4 Å². The van der Waals surface area contributed by atoms with E-state index in [9.17, 15) is 0 Å². The number of nitrogen functional groups attached to an aromatic ring is 1. The number of pyridine rings is 1. The van der Waals surface area contributed by atoms with Crippen LogP contribution in [0.3, 0.4) is 0 Å². The molecule has 0 unspecified atom stereocenters. The van der Waals surface area contributed by atoms with Gasteiger partial charge in [-0.15, -0.1) is 12.4 Å². The summed E-state index contributed by atoms with van der Waals surface area (Å²) in [6.07, 6.45) is 7.25. The minimum atomic E-state index is 0. The van der Waals surface area contributed by atoms with Gasteiger partial charge in [-0.05, 0) is 53.8 Å². The van der Waals surface area contributed by atoms with Gasteiger partial charge in [0.2, 0.25) is 5.95 Å². The normalized spacial score (nSPS) is 10.4. The molecule has 0 spiro atoms. The smallest absolute Gasteiger partial charge is 0.223 e. The Kier molecular flexibility index (Phi) is 8.14. The van der Waals surface area contributed by atoms with Crippen molar-refractivity contribution in [2.45, 2.75) is 19.4 Å². The molecule has 5 N–H and O–H groups in total. The summed E-state index contributed by atoms with van der Waals surface area (Å²) < 4.78 is 0. The summed E-state index contributed by atoms with van der Waals surface area (Å²) in [4.78, 5) is 13.5. The van der Waals surface area contributed by atoms with Gasteiger partial charge in [-0.2, -0.15) is 0 Å². The van der Waals surface area contributed by atoms with Gasteiger partial charge in [0.1, 0.15) is 0 Å². The molecule has 4 aromatic rings. The molecule has 0 saturated carbocycles. The van der Waals surface area contributed by atoms with Crippen LogP contribution in [0, 0.1) is 0 Å². The van der Waals surface area contributed by atoms with Crippen LogP contribution < -0.4 is 16.8 Å². The Labute approximate surface area is 194 Å². The fourth-order valence-electron chi connectivity index (χ4n) is 3.51. The first kappa shape index (κ1) is 23.2. The number of para-hydroxylation sites is 1. The summed E-state index contributed by atoms with van der Waals surface area (Å²) in [5, 5.41) is 3.35. The first-order valence-corrected chi connectivity index (χ1v) is 10.4. The van der Waals surface area contributed by atoms with Gasteiger partial charge in [-0.3, -0.25) is 4.98 Å². The first-order valence-electron chi connectivity index (χ1n) is 10.4. The van der Waals surface area contributed by atoms with Gasteiger partial charge >= 0.3 is 0 Å². The molecule has 0 aliphatic carbocycles. The van der Waals surface area contributed by atoms with E-state index in [1.54, 1.807) is 12.4 Å². The summed E-state index contributed by atoms with van der Waals surface area (Å²) in [5.41, 5.74) is 18.8.